The molecule has 8 N–H and O–H groups in total. The molecule has 0 aromatic rings. The van der Waals surface area contributed by atoms with Crippen molar-refractivity contribution >= 4 is 48.3 Å². The standard InChI is InChI=1S/C16H26N4O9S/c1-7(18-14(26)8(17)2-4-11(21)22)13(25)20-10(6-30)15(27)19-9(16(28)29)3-5-12(23)24/h7-10,30H,2-6,17H2,1H3,(H,18,26)(H,19,27)(H,20,25)(H,21,22)(H,23,24)(H,28,29). The van der Waals surface area contributed by atoms with Crippen LogP contribution in [-0.4, -0.2) is 80.9 Å². The quantitative estimate of drug-likeness (QED) is 0.130. The van der Waals surface area contributed by atoms with Crippen molar-refractivity contribution in [3.05, 3.63) is 0 Å². The van der Waals surface area contributed by atoms with Crippen molar-refractivity contribution in [1.82, 2.24) is 16.0 Å². The van der Waals surface area contributed by atoms with E-state index in [1.165, 1.54) is 6.92 Å². The average Bonchev–Trinajstić information content (AvgIpc) is 2.66. The normalized spacial score (nSPS) is 14.5. The second-order valence-corrected chi connectivity index (χ2v) is 6.71. The highest BCUT2D eigenvalue weighted by Gasteiger charge is 2.28. The number of carbonyl (C=O) groups excluding carboxylic acids is 3. The second-order valence-electron chi connectivity index (χ2n) is 6.34. The molecule has 0 heterocycles. The maximum absolute atomic E-state index is 12.2. The zero-order valence-corrected chi connectivity index (χ0v) is 17.1. The van der Waals surface area contributed by atoms with Gasteiger partial charge in [0, 0.05) is 18.6 Å². The minimum absolute atomic E-state index is 0.135. The van der Waals surface area contributed by atoms with Gasteiger partial charge in [0.15, 0.2) is 0 Å². The first-order valence-electron chi connectivity index (χ1n) is 8.83. The molecule has 0 aliphatic heterocycles. The fourth-order valence-electron chi connectivity index (χ4n) is 2.08. The molecular weight excluding hydrogens is 424 g/mol. The Morgan fingerprint density at radius 3 is 1.77 bits per heavy atom. The van der Waals surface area contributed by atoms with E-state index in [0.29, 0.717) is 0 Å². The largest absolute Gasteiger partial charge is 0.481 e. The summed E-state index contributed by atoms with van der Waals surface area (Å²) in [7, 11) is 0. The SMILES string of the molecule is CC(NC(=O)C(N)CCC(=O)O)C(=O)NC(CS)C(=O)NC(CCC(=O)O)C(=O)O. The molecular formula is C16H26N4O9S. The molecule has 0 aromatic carbocycles. The Bertz CT molecular complexity index is 673. The smallest absolute Gasteiger partial charge is 0.326 e. The number of carboxylic acids is 3. The van der Waals surface area contributed by atoms with Gasteiger partial charge < -0.3 is 37.0 Å². The number of aliphatic carboxylic acids is 3. The molecule has 0 rings (SSSR count). The number of hydrogen-bond donors (Lipinski definition) is 8. The van der Waals surface area contributed by atoms with E-state index in [1.54, 1.807) is 0 Å². The number of carboxylic acid groups (broad SMARTS) is 3. The molecule has 170 valence electrons. The van der Waals surface area contributed by atoms with Crippen molar-refractivity contribution in [2.75, 3.05) is 5.75 Å². The Morgan fingerprint density at radius 1 is 0.800 bits per heavy atom. The fourth-order valence-corrected chi connectivity index (χ4v) is 2.34. The molecule has 0 aliphatic rings. The summed E-state index contributed by atoms with van der Waals surface area (Å²) < 4.78 is 0. The first-order valence-corrected chi connectivity index (χ1v) is 9.46. The van der Waals surface area contributed by atoms with E-state index in [0.717, 1.165) is 0 Å². The van der Waals surface area contributed by atoms with E-state index in [1.807, 2.05) is 0 Å². The van der Waals surface area contributed by atoms with E-state index in [9.17, 15) is 28.8 Å². The number of thiol groups is 1. The maximum atomic E-state index is 12.2. The molecule has 0 aromatic heterocycles. The van der Waals surface area contributed by atoms with Gasteiger partial charge in [0.05, 0.1) is 6.04 Å². The van der Waals surface area contributed by atoms with Crippen molar-refractivity contribution in [1.29, 1.82) is 0 Å². The summed E-state index contributed by atoms with van der Waals surface area (Å²) in [4.78, 5) is 68.6. The predicted molar refractivity (Wildman–Crippen MR) is 105 cm³/mol. The molecule has 0 radical (unpaired) electrons. The molecule has 0 fully saturated rings. The minimum Gasteiger partial charge on any atom is -0.481 e. The van der Waals surface area contributed by atoms with Crippen LogP contribution >= 0.6 is 12.6 Å². The third kappa shape index (κ3) is 10.6. The van der Waals surface area contributed by atoms with Crippen LogP contribution in [0, 0.1) is 0 Å². The van der Waals surface area contributed by atoms with E-state index >= 15 is 0 Å². The van der Waals surface area contributed by atoms with Crippen LogP contribution < -0.4 is 21.7 Å². The third-order valence-corrected chi connectivity index (χ3v) is 4.20. The van der Waals surface area contributed by atoms with Gasteiger partial charge in [-0.15, -0.1) is 0 Å². The second kappa shape index (κ2) is 13.4. The number of rotatable bonds is 14. The van der Waals surface area contributed by atoms with Gasteiger partial charge >= 0.3 is 17.9 Å². The molecule has 0 aliphatic carbocycles. The zero-order chi connectivity index (χ0) is 23.4. The van der Waals surface area contributed by atoms with E-state index < -0.39 is 66.2 Å². The number of carbonyl (C=O) groups is 6. The highest BCUT2D eigenvalue weighted by atomic mass is 32.1. The first-order chi connectivity index (χ1) is 13.9. The van der Waals surface area contributed by atoms with E-state index in [2.05, 4.69) is 28.6 Å². The van der Waals surface area contributed by atoms with Crippen molar-refractivity contribution in [3.8, 4) is 0 Å². The number of nitrogens with two attached hydrogens (primary N) is 1. The van der Waals surface area contributed by atoms with Crippen LogP contribution in [0.15, 0.2) is 0 Å². The number of amides is 3. The molecule has 0 saturated heterocycles. The maximum Gasteiger partial charge on any atom is 0.326 e. The van der Waals surface area contributed by atoms with Gasteiger partial charge in [-0.3, -0.25) is 24.0 Å². The van der Waals surface area contributed by atoms with Gasteiger partial charge in [-0.2, -0.15) is 12.6 Å². The summed E-state index contributed by atoms with van der Waals surface area (Å²) >= 11 is 3.93. The molecule has 4 atom stereocenters. The summed E-state index contributed by atoms with van der Waals surface area (Å²) in [5.41, 5.74) is 5.54. The first kappa shape index (κ1) is 27.1. The highest BCUT2D eigenvalue weighted by molar-refractivity contribution is 7.80. The van der Waals surface area contributed by atoms with Gasteiger partial charge in [-0.25, -0.2) is 4.79 Å². The van der Waals surface area contributed by atoms with Gasteiger partial charge in [-0.05, 0) is 19.8 Å². The van der Waals surface area contributed by atoms with Crippen LogP contribution in [-0.2, 0) is 28.8 Å². The topological polar surface area (TPSA) is 225 Å². The molecule has 30 heavy (non-hydrogen) atoms. The Kier molecular flexibility index (Phi) is 12.1. The van der Waals surface area contributed by atoms with Crippen LogP contribution in [0.4, 0.5) is 0 Å². The highest BCUT2D eigenvalue weighted by Crippen LogP contribution is 2.01. The lowest BCUT2D eigenvalue weighted by atomic mass is 10.1. The Balaban J connectivity index is 4.80. The van der Waals surface area contributed by atoms with Crippen LogP contribution in [0.5, 0.6) is 0 Å². The van der Waals surface area contributed by atoms with Crippen molar-refractivity contribution in [2.45, 2.75) is 56.8 Å². The summed E-state index contributed by atoms with van der Waals surface area (Å²) in [5.74, 6) is -6.46. The predicted octanol–water partition coefficient (Wildman–Crippen LogP) is -2.47. The van der Waals surface area contributed by atoms with Crippen LogP contribution in [0.3, 0.4) is 0 Å². The number of nitrogens with one attached hydrogen (secondary N) is 3. The van der Waals surface area contributed by atoms with Crippen LogP contribution in [0.2, 0.25) is 0 Å². The summed E-state index contributed by atoms with van der Waals surface area (Å²) in [5, 5.41) is 33.0. The molecule has 3 amide bonds. The summed E-state index contributed by atoms with van der Waals surface area (Å²) in [6.07, 6.45) is -1.31. The van der Waals surface area contributed by atoms with Gasteiger partial charge in [0.25, 0.3) is 0 Å². The summed E-state index contributed by atoms with van der Waals surface area (Å²) in [6, 6.07) is -5.01. The Hall–Kier alpha value is -2.87. The van der Waals surface area contributed by atoms with Gasteiger partial charge in [0.2, 0.25) is 17.7 Å². The van der Waals surface area contributed by atoms with Crippen molar-refractivity contribution < 1.29 is 44.1 Å². The molecule has 14 heteroatoms. The lowest BCUT2D eigenvalue weighted by Crippen LogP contribution is -2.57. The molecule has 0 spiro atoms. The van der Waals surface area contributed by atoms with E-state index in [4.69, 9.17) is 21.1 Å². The molecule has 13 nitrogen and oxygen atoms in total. The molecule has 0 bridgehead atoms. The lowest BCUT2D eigenvalue weighted by molar-refractivity contribution is -0.143. The zero-order valence-electron chi connectivity index (χ0n) is 16.2. The molecule has 4 unspecified atom stereocenters. The fraction of sp³-hybridized carbons (Fsp3) is 0.625. The number of hydrogen-bond acceptors (Lipinski definition) is 8. The lowest BCUT2D eigenvalue weighted by Gasteiger charge is -2.22. The van der Waals surface area contributed by atoms with Gasteiger partial charge in [0.1, 0.15) is 18.1 Å². The Morgan fingerprint density at radius 2 is 1.30 bits per heavy atom. The monoisotopic (exact) mass is 450 g/mol. The minimum atomic E-state index is -1.47. The third-order valence-electron chi connectivity index (χ3n) is 3.84. The van der Waals surface area contributed by atoms with E-state index in [-0.39, 0.29) is 25.0 Å². The molecule has 0 saturated carbocycles. The van der Waals surface area contributed by atoms with Crippen molar-refractivity contribution in [3.63, 3.8) is 0 Å². The van der Waals surface area contributed by atoms with Crippen LogP contribution in [0.1, 0.15) is 32.6 Å². The summed E-state index contributed by atoms with van der Waals surface area (Å²) in [6.45, 7) is 1.30. The average molecular weight is 450 g/mol. The Labute approximate surface area is 177 Å². The van der Waals surface area contributed by atoms with Crippen molar-refractivity contribution in [2.24, 2.45) is 5.73 Å². The van der Waals surface area contributed by atoms with Crippen LogP contribution in [0.25, 0.3) is 0 Å². The van der Waals surface area contributed by atoms with Gasteiger partial charge in [-0.1, -0.05) is 0 Å².